The summed E-state index contributed by atoms with van der Waals surface area (Å²) in [7, 11) is -4.03. The summed E-state index contributed by atoms with van der Waals surface area (Å²) in [6.07, 6.45) is 17.4. The molecule has 0 spiro atoms. The molecule has 3 aliphatic rings. The van der Waals surface area contributed by atoms with Crippen LogP contribution in [0, 0.1) is 0 Å². The van der Waals surface area contributed by atoms with Gasteiger partial charge in [0.2, 0.25) is 0 Å². The Hall–Kier alpha value is 1.34. The Bertz CT molecular complexity index is 447. The Balaban J connectivity index is 0.00000208. The smallest absolute Gasteiger partial charge is 0.748 e. The second-order valence-corrected chi connectivity index (χ2v) is 12.7. The standard InChI is InChI=1S/C18H33O3PS.Na/c19-23(20,21)18-13-11-17(12-14-18)22(15-7-3-1-4-8-15)16-9-5-2-6-10-16;/h15-18H,1-14H2,(H,19,20,21);/q;+1/p-1. The molecule has 3 aliphatic carbocycles. The molecule has 0 N–H and O–H groups in total. The Kier molecular flexibility index (Phi) is 9.05. The number of hydrogen-bond acceptors (Lipinski definition) is 3. The predicted molar refractivity (Wildman–Crippen MR) is 96.4 cm³/mol. The SMILES string of the molecule is O=S(=O)([O-])C1CCC(P(C2CCCCC2)C2CCCCC2)CC1.[Na+]. The molecule has 134 valence electrons. The maximum Gasteiger partial charge on any atom is 1.00 e. The third-order valence-corrected chi connectivity index (χ3v) is 11.8. The van der Waals surface area contributed by atoms with E-state index in [1.54, 1.807) is 0 Å². The summed E-state index contributed by atoms with van der Waals surface area (Å²) < 4.78 is 33.9. The average molecular weight is 382 g/mol. The molecule has 0 aliphatic heterocycles. The second-order valence-electron chi connectivity index (χ2n) is 7.95. The second kappa shape index (κ2) is 10.0. The van der Waals surface area contributed by atoms with Crippen molar-refractivity contribution < 1.29 is 42.5 Å². The molecule has 0 amide bonds. The van der Waals surface area contributed by atoms with Crippen LogP contribution in [0.1, 0.15) is 89.9 Å². The molecule has 0 saturated heterocycles. The fraction of sp³-hybridized carbons (Fsp3) is 1.00. The normalized spacial score (nSPS) is 30.9. The van der Waals surface area contributed by atoms with E-state index < -0.39 is 15.4 Å². The molecule has 0 aromatic carbocycles. The zero-order valence-electron chi connectivity index (χ0n) is 15.3. The topological polar surface area (TPSA) is 57.2 Å². The average Bonchev–Trinajstić information content (AvgIpc) is 2.57. The molecule has 0 bridgehead atoms. The zero-order valence-corrected chi connectivity index (χ0v) is 19.0. The molecule has 3 nitrogen and oxygen atoms in total. The molecular weight excluding hydrogens is 350 g/mol. The van der Waals surface area contributed by atoms with Gasteiger partial charge in [-0.15, -0.1) is 0 Å². The number of hydrogen-bond donors (Lipinski definition) is 0. The van der Waals surface area contributed by atoms with Crippen LogP contribution in [0.15, 0.2) is 0 Å². The molecule has 3 saturated carbocycles. The maximum absolute atomic E-state index is 11.3. The van der Waals surface area contributed by atoms with Gasteiger partial charge in [-0.3, -0.25) is 0 Å². The van der Waals surface area contributed by atoms with E-state index in [1.807, 2.05) is 0 Å². The van der Waals surface area contributed by atoms with Gasteiger partial charge in [0.25, 0.3) is 0 Å². The summed E-state index contributed by atoms with van der Waals surface area (Å²) in [4.78, 5) is 0. The molecule has 0 aromatic heterocycles. The number of rotatable bonds is 4. The molecule has 3 rings (SSSR count). The molecule has 0 aromatic rings. The minimum atomic E-state index is -4.07. The van der Waals surface area contributed by atoms with Gasteiger partial charge in [0.05, 0.1) is 10.1 Å². The van der Waals surface area contributed by atoms with Crippen molar-refractivity contribution in [1.82, 2.24) is 0 Å². The van der Waals surface area contributed by atoms with Crippen LogP contribution in [0.2, 0.25) is 0 Å². The fourth-order valence-electron chi connectivity index (χ4n) is 5.28. The first-order chi connectivity index (χ1) is 11.1. The first-order valence-electron chi connectivity index (χ1n) is 9.78. The molecule has 0 atom stereocenters. The van der Waals surface area contributed by atoms with Gasteiger partial charge in [-0.05, 0) is 68.3 Å². The molecular formula is C18H32NaO3PS. The van der Waals surface area contributed by atoms with Crippen LogP contribution >= 0.6 is 7.92 Å². The Morgan fingerprint density at radius 3 is 1.38 bits per heavy atom. The molecule has 6 heteroatoms. The van der Waals surface area contributed by atoms with Crippen molar-refractivity contribution in [3.8, 4) is 0 Å². The van der Waals surface area contributed by atoms with Crippen LogP contribution in [-0.2, 0) is 10.1 Å². The van der Waals surface area contributed by atoms with E-state index in [4.69, 9.17) is 0 Å². The van der Waals surface area contributed by atoms with Crippen molar-refractivity contribution in [2.75, 3.05) is 0 Å². The van der Waals surface area contributed by atoms with E-state index in [0.29, 0.717) is 12.8 Å². The monoisotopic (exact) mass is 382 g/mol. The van der Waals surface area contributed by atoms with Crippen LogP contribution in [0.3, 0.4) is 0 Å². The third kappa shape index (κ3) is 5.67. The third-order valence-electron chi connectivity index (χ3n) is 6.47. The maximum atomic E-state index is 11.3. The summed E-state index contributed by atoms with van der Waals surface area (Å²) in [5.74, 6) is 0. The van der Waals surface area contributed by atoms with Crippen LogP contribution in [-0.4, -0.2) is 35.2 Å². The fourth-order valence-corrected chi connectivity index (χ4v) is 10.7. The van der Waals surface area contributed by atoms with Gasteiger partial charge in [0, 0.05) is 5.25 Å². The van der Waals surface area contributed by atoms with Crippen LogP contribution in [0.4, 0.5) is 0 Å². The summed E-state index contributed by atoms with van der Waals surface area (Å²) in [5.41, 5.74) is 2.62. The van der Waals surface area contributed by atoms with E-state index in [1.165, 1.54) is 64.2 Å². The summed E-state index contributed by atoms with van der Waals surface area (Å²) >= 11 is 0. The van der Waals surface area contributed by atoms with E-state index in [-0.39, 0.29) is 37.5 Å². The summed E-state index contributed by atoms with van der Waals surface area (Å²) in [5, 5.41) is -0.590. The molecule has 0 radical (unpaired) electrons. The van der Waals surface area contributed by atoms with E-state index in [9.17, 15) is 13.0 Å². The summed E-state index contributed by atoms with van der Waals surface area (Å²) in [6, 6.07) is 0. The van der Waals surface area contributed by atoms with Crippen LogP contribution < -0.4 is 29.6 Å². The largest absolute Gasteiger partial charge is 1.00 e. The first-order valence-corrected chi connectivity index (χ1v) is 12.8. The van der Waals surface area contributed by atoms with Crippen LogP contribution in [0.5, 0.6) is 0 Å². The molecule has 3 fully saturated rings. The van der Waals surface area contributed by atoms with E-state index in [2.05, 4.69) is 0 Å². The van der Waals surface area contributed by atoms with Gasteiger partial charge in [0.15, 0.2) is 0 Å². The molecule has 0 heterocycles. The minimum absolute atomic E-state index is 0. The Labute approximate surface area is 171 Å². The van der Waals surface area contributed by atoms with Crippen LogP contribution in [0.25, 0.3) is 0 Å². The zero-order chi connectivity index (χ0) is 16.3. The Morgan fingerprint density at radius 2 is 1.00 bits per heavy atom. The van der Waals surface area contributed by atoms with E-state index in [0.717, 1.165) is 29.8 Å². The minimum Gasteiger partial charge on any atom is -0.748 e. The Morgan fingerprint density at radius 1 is 0.625 bits per heavy atom. The quantitative estimate of drug-likeness (QED) is 0.425. The van der Waals surface area contributed by atoms with Gasteiger partial charge in [-0.25, -0.2) is 8.42 Å². The molecule has 24 heavy (non-hydrogen) atoms. The van der Waals surface area contributed by atoms with Gasteiger partial charge in [0.1, 0.15) is 0 Å². The van der Waals surface area contributed by atoms with Crippen molar-refractivity contribution in [2.45, 2.75) is 112 Å². The van der Waals surface area contributed by atoms with Gasteiger partial charge in [-0.2, -0.15) is 0 Å². The van der Waals surface area contributed by atoms with E-state index >= 15 is 0 Å². The van der Waals surface area contributed by atoms with Crippen molar-refractivity contribution >= 4 is 18.0 Å². The van der Waals surface area contributed by atoms with Gasteiger partial charge >= 0.3 is 29.6 Å². The van der Waals surface area contributed by atoms with Crippen molar-refractivity contribution in [1.29, 1.82) is 0 Å². The first kappa shape index (κ1) is 21.6. The van der Waals surface area contributed by atoms with Crippen molar-refractivity contribution in [3.05, 3.63) is 0 Å². The van der Waals surface area contributed by atoms with Gasteiger partial charge < -0.3 is 4.55 Å². The van der Waals surface area contributed by atoms with Gasteiger partial charge in [-0.1, -0.05) is 46.4 Å². The summed E-state index contributed by atoms with van der Waals surface area (Å²) in [6.45, 7) is 0. The van der Waals surface area contributed by atoms with Crippen molar-refractivity contribution in [3.63, 3.8) is 0 Å². The van der Waals surface area contributed by atoms with Crippen molar-refractivity contribution in [2.24, 2.45) is 0 Å². The molecule has 0 unspecified atom stereocenters. The predicted octanol–water partition coefficient (Wildman–Crippen LogP) is 1.99.